The molecule has 5 nitrogen and oxygen atoms in total. The lowest BCUT2D eigenvalue weighted by atomic mass is 9.98. The van der Waals surface area contributed by atoms with Gasteiger partial charge < -0.3 is 15.0 Å². The van der Waals surface area contributed by atoms with E-state index in [9.17, 15) is 10.1 Å². The molecule has 1 amide bonds. The summed E-state index contributed by atoms with van der Waals surface area (Å²) in [6.07, 6.45) is 5.08. The highest BCUT2D eigenvalue weighted by Gasteiger charge is 2.24. The molecular formula is C22H31N3O2. The van der Waals surface area contributed by atoms with Crippen molar-refractivity contribution in [1.29, 1.82) is 5.26 Å². The monoisotopic (exact) mass is 369 g/mol. The van der Waals surface area contributed by atoms with Crippen LogP contribution in [0.4, 0.5) is 0 Å². The fraction of sp³-hybridized carbons (Fsp3) is 0.545. The van der Waals surface area contributed by atoms with Gasteiger partial charge in [-0.1, -0.05) is 17.7 Å². The molecule has 5 heteroatoms. The highest BCUT2D eigenvalue weighted by molar-refractivity contribution is 5.97. The van der Waals surface area contributed by atoms with E-state index in [4.69, 9.17) is 4.74 Å². The van der Waals surface area contributed by atoms with Crippen LogP contribution in [0.25, 0.3) is 0 Å². The van der Waals surface area contributed by atoms with Gasteiger partial charge >= 0.3 is 0 Å². The number of likely N-dealkylation sites (tertiary alicyclic amines) is 1. The van der Waals surface area contributed by atoms with Crippen molar-refractivity contribution in [2.24, 2.45) is 0 Å². The number of hydrogen-bond acceptors (Lipinski definition) is 4. The Bertz CT molecular complexity index is 726. The summed E-state index contributed by atoms with van der Waals surface area (Å²) >= 11 is 0. The molecule has 1 saturated heterocycles. The third kappa shape index (κ3) is 5.26. The summed E-state index contributed by atoms with van der Waals surface area (Å²) in [5.74, 6) is 0.413. The van der Waals surface area contributed by atoms with Crippen molar-refractivity contribution in [1.82, 2.24) is 10.2 Å². The fourth-order valence-electron chi connectivity index (χ4n) is 3.63. The zero-order valence-corrected chi connectivity index (χ0v) is 17.1. The number of hydrogen-bond donors (Lipinski definition) is 1. The average Bonchev–Trinajstić information content (AvgIpc) is 2.63. The lowest BCUT2D eigenvalue weighted by Crippen LogP contribution is -2.40. The van der Waals surface area contributed by atoms with Gasteiger partial charge in [0.25, 0.3) is 5.91 Å². The molecule has 1 heterocycles. The van der Waals surface area contributed by atoms with Gasteiger partial charge in [0.2, 0.25) is 0 Å². The largest absolute Gasteiger partial charge is 0.494 e. The van der Waals surface area contributed by atoms with Gasteiger partial charge in [0, 0.05) is 23.8 Å². The normalized spacial score (nSPS) is 21.3. The summed E-state index contributed by atoms with van der Waals surface area (Å²) in [5, 5.41) is 12.5. The highest BCUT2D eigenvalue weighted by atomic mass is 16.5. The Morgan fingerprint density at radius 2 is 2.07 bits per heavy atom. The van der Waals surface area contributed by atoms with E-state index in [1.165, 1.54) is 6.42 Å². The first-order valence-corrected chi connectivity index (χ1v) is 9.80. The maximum atomic E-state index is 12.7. The molecule has 0 saturated carbocycles. The number of amides is 1. The number of nitrogens with zero attached hydrogens (tertiary/aromatic N) is 2. The molecule has 1 aliphatic heterocycles. The third-order valence-corrected chi connectivity index (χ3v) is 5.18. The van der Waals surface area contributed by atoms with E-state index in [0.717, 1.165) is 29.7 Å². The van der Waals surface area contributed by atoms with Crippen LogP contribution in [-0.4, -0.2) is 29.5 Å². The number of piperidine rings is 1. The summed E-state index contributed by atoms with van der Waals surface area (Å²) in [7, 11) is 0. The summed E-state index contributed by atoms with van der Waals surface area (Å²) in [6.45, 7) is 10.7. The van der Waals surface area contributed by atoms with Gasteiger partial charge in [-0.15, -0.1) is 0 Å². The van der Waals surface area contributed by atoms with Crippen molar-refractivity contribution in [2.45, 2.75) is 72.0 Å². The van der Waals surface area contributed by atoms with Crippen molar-refractivity contribution in [3.8, 4) is 11.8 Å². The van der Waals surface area contributed by atoms with Crippen LogP contribution in [0.3, 0.4) is 0 Å². The van der Waals surface area contributed by atoms with Gasteiger partial charge in [-0.2, -0.15) is 5.26 Å². The molecule has 0 aromatic heterocycles. The van der Waals surface area contributed by atoms with Gasteiger partial charge in [-0.3, -0.25) is 4.79 Å². The maximum Gasteiger partial charge on any atom is 0.263 e. The smallest absolute Gasteiger partial charge is 0.263 e. The van der Waals surface area contributed by atoms with Gasteiger partial charge in [-0.05, 0) is 59.9 Å². The highest BCUT2D eigenvalue weighted by Crippen LogP contribution is 2.27. The van der Waals surface area contributed by atoms with Gasteiger partial charge in [0.05, 0.1) is 12.6 Å². The minimum Gasteiger partial charge on any atom is -0.494 e. The molecule has 0 spiro atoms. The Balaban J connectivity index is 2.18. The molecule has 0 bridgehead atoms. The summed E-state index contributed by atoms with van der Waals surface area (Å²) < 4.78 is 5.69. The number of benzene rings is 1. The van der Waals surface area contributed by atoms with Crippen LogP contribution in [0, 0.1) is 18.3 Å². The van der Waals surface area contributed by atoms with Crippen LogP contribution < -0.4 is 10.1 Å². The predicted molar refractivity (Wildman–Crippen MR) is 107 cm³/mol. The molecule has 27 heavy (non-hydrogen) atoms. The number of nitriles is 1. The Labute approximate surface area is 163 Å². The van der Waals surface area contributed by atoms with Crippen molar-refractivity contribution in [2.75, 3.05) is 6.61 Å². The molecule has 1 aliphatic rings. The van der Waals surface area contributed by atoms with E-state index >= 15 is 0 Å². The lowest BCUT2D eigenvalue weighted by Gasteiger charge is -2.38. The summed E-state index contributed by atoms with van der Waals surface area (Å²) in [4.78, 5) is 14.9. The molecular weight excluding hydrogens is 338 g/mol. The zero-order valence-electron chi connectivity index (χ0n) is 17.1. The van der Waals surface area contributed by atoms with E-state index in [0.29, 0.717) is 18.7 Å². The van der Waals surface area contributed by atoms with Crippen molar-refractivity contribution < 1.29 is 9.53 Å². The molecule has 1 N–H and O–H groups in total. The van der Waals surface area contributed by atoms with Crippen LogP contribution in [-0.2, 0) is 4.79 Å². The van der Waals surface area contributed by atoms with Gasteiger partial charge in [0.1, 0.15) is 17.4 Å². The van der Waals surface area contributed by atoms with Crippen LogP contribution in [0.5, 0.6) is 5.75 Å². The summed E-state index contributed by atoms with van der Waals surface area (Å²) in [6, 6.07) is 8.42. The topological polar surface area (TPSA) is 65.4 Å². The number of carbonyl (C=O) groups is 1. The second-order valence-electron chi connectivity index (χ2n) is 7.40. The quantitative estimate of drug-likeness (QED) is 0.602. The van der Waals surface area contributed by atoms with Crippen molar-refractivity contribution in [3.63, 3.8) is 0 Å². The standard InChI is InChI=1S/C22H31N3O2/c1-6-27-21-11-10-15(2)12-20(21)18(5)24-22(26)19(13-23)14-25-16(3)8-7-9-17(25)4/h10-12,14,16-18H,6-9H2,1-5H3,(H,24,26)/b19-14-. The number of ether oxygens (including phenoxy) is 1. The minimum atomic E-state index is -0.348. The molecule has 1 aromatic rings. The van der Waals surface area contributed by atoms with Crippen molar-refractivity contribution in [3.05, 3.63) is 41.1 Å². The van der Waals surface area contributed by atoms with Gasteiger partial charge in [-0.25, -0.2) is 0 Å². The van der Waals surface area contributed by atoms with Crippen LogP contribution >= 0.6 is 0 Å². The number of nitrogens with one attached hydrogen (secondary N) is 1. The van der Waals surface area contributed by atoms with Gasteiger partial charge in [0.15, 0.2) is 0 Å². The van der Waals surface area contributed by atoms with Crippen LogP contribution in [0.1, 0.15) is 64.1 Å². The predicted octanol–water partition coefficient (Wildman–Crippen LogP) is 4.24. The Hall–Kier alpha value is -2.48. The van der Waals surface area contributed by atoms with E-state index < -0.39 is 0 Å². The molecule has 1 aromatic carbocycles. The van der Waals surface area contributed by atoms with E-state index in [1.54, 1.807) is 6.20 Å². The first-order valence-electron chi connectivity index (χ1n) is 9.80. The molecule has 0 radical (unpaired) electrons. The number of carbonyl (C=O) groups excluding carboxylic acids is 1. The molecule has 146 valence electrons. The van der Waals surface area contributed by atoms with E-state index in [2.05, 4.69) is 30.1 Å². The molecule has 0 aliphatic carbocycles. The Morgan fingerprint density at radius 1 is 1.41 bits per heavy atom. The zero-order chi connectivity index (χ0) is 20.0. The van der Waals surface area contributed by atoms with E-state index in [-0.39, 0.29) is 17.5 Å². The minimum absolute atomic E-state index is 0.146. The summed E-state index contributed by atoms with van der Waals surface area (Å²) in [5.41, 5.74) is 2.16. The second kappa shape index (κ2) is 9.45. The molecule has 2 rings (SSSR count). The van der Waals surface area contributed by atoms with Crippen LogP contribution in [0.15, 0.2) is 30.0 Å². The maximum absolute atomic E-state index is 12.7. The fourth-order valence-corrected chi connectivity index (χ4v) is 3.63. The first kappa shape index (κ1) is 20.8. The number of aryl methyl sites for hydroxylation is 1. The SMILES string of the molecule is CCOc1ccc(C)cc1C(C)NC(=O)/C(C#N)=C\N1C(C)CCCC1C. The van der Waals surface area contributed by atoms with E-state index in [1.807, 2.05) is 39.0 Å². The Kier molecular flexibility index (Phi) is 7.29. The Morgan fingerprint density at radius 3 is 2.67 bits per heavy atom. The third-order valence-electron chi connectivity index (χ3n) is 5.18. The van der Waals surface area contributed by atoms with Crippen LogP contribution in [0.2, 0.25) is 0 Å². The molecule has 3 atom stereocenters. The number of rotatable bonds is 6. The van der Waals surface area contributed by atoms with Crippen molar-refractivity contribution >= 4 is 5.91 Å². The first-order chi connectivity index (χ1) is 12.9. The average molecular weight is 370 g/mol. The molecule has 3 unspecified atom stereocenters. The lowest BCUT2D eigenvalue weighted by molar-refractivity contribution is -0.117. The second-order valence-corrected chi connectivity index (χ2v) is 7.40. The molecule has 1 fully saturated rings.